The number of hydrogen-bond donors (Lipinski definition) is 0. The number of fused-ring (bicyclic) bond motifs is 1. The zero-order valence-electron chi connectivity index (χ0n) is 12.2. The fourth-order valence-electron chi connectivity index (χ4n) is 4.23. The topological polar surface area (TPSA) is 69.7 Å². The van der Waals surface area contributed by atoms with Crippen LogP contribution in [-0.2, 0) is 19.1 Å². The van der Waals surface area contributed by atoms with Crippen molar-refractivity contribution < 1.29 is 23.9 Å². The lowest BCUT2D eigenvalue weighted by Crippen LogP contribution is -2.39. The molecule has 23 heavy (non-hydrogen) atoms. The normalized spacial score (nSPS) is 36.8. The molecule has 2 saturated carbocycles. The Morgan fingerprint density at radius 2 is 1.96 bits per heavy atom. The number of ketones is 1. The molecular formula is C17H15BrO5. The van der Waals surface area contributed by atoms with Crippen molar-refractivity contribution in [2.75, 3.05) is 6.61 Å². The van der Waals surface area contributed by atoms with E-state index < -0.39 is 17.8 Å². The first-order valence-corrected chi connectivity index (χ1v) is 8.59. The second kappa shape index (κ2) is 5.44. The maximum atomic E-state index is 12.4. The van der Waals surface area contributed by atoms with E-state index in [-0.39, 0.29) is 41.1 Å². The van der Waals surface area contributed by atoms with Crippen molar-refractivity contribution in [3.8, 4) is 0 Å². The second-order valence-corrected chi connectivity index (χ2v) is 7.42. The number of carbonyl (C=O) groups is 3. The molecule has 2 bridgehead atoms. The Labute approximate surface area is 141 Å². The maximum Gasteiger partial charge on any atom is 0.310 e. The van der Waals surface area contributed by atoms with Crippen molar-refractivity contribution in [3.63, 3.8) is 0 Å². The van der Waals surface area contributed by atoms with Gasteiger partial charge in [-0.3, -0.25) is 14.4 Å². The molecule has 1 aliphatic heterocycles. The van der Waals surface area contributed by atoms with E-state index >= 15 is 0 Å². The van der Waals surface area contributed by atoms with Crippen LogP contribution in [0, 0.1) is 23.7 Å². The molecule has 5 nitrogen and oxygen atoms in total. The van der Waals surface area contributed by atoms with E-state index in [1.165, 1.54) is 0 Å². The van der Waals surface area contributed by atoms with Crippen molar-refractivity contribution in [1.29, 1.82) is 0 Å². The Balaban J connectivity index is 1.44. The number of rotatable bonds is 4. The number of Topliss-reactive ketones (excluding diaryl/α,β-unsaturated/α-hetero) is 1. The molecule has 3 fully saturated rings. The van der Waals surface area contributed by atoms with Crippen LogP contribution < -0.4 is 0 Å². The van der Waals surface area contributed by atoms with Crippen molar-refractivity contribution in [2.45, 2.75) is 17.4 Å². The number of carbonyl (C=O) groups excluding carboxylic acids is 3. The minimum Gasteiger partial charge on any atom is -0.461 e. The van der Waals surface area contributed by atoms with Gasteiger partial charge < -0.3 is 9.47 Å². The summed E-state index contributed by atoms with van der Waals surface area (Å²) in [4.78, 5) is 36.5. The molecule has 120 valence electrons. The first-order chi connectivity index (χ1) is 11.1. The van der Waals surface area contributed by atoms with Gasteiger partial charge in [0.1, 0.15) is 6.10 Å². The van der Waals surface area contributed by atoms with E-state index in [2.05, 4.69) is 15.9 Å². The second-order valence-electron chi connectivity index (χ2n) is 6.36. The molecule has 1 aromatic rings. The molecule has 0 aromatic heterocycles. The van der Waals surface area contributed by atoms with E-state index in [0.29, 0.717) is 5.56 Å². The molecule has 4 rings (SSSR count). The summed E-state index contributed by atoms with van der Waals surface area (Å²) in [6.07, 6.45) is 0.677. The molecule has 3 aliphatic rings. The summed E-state index contributed by atoms with van der Waals surface area (Å²) in [5.41, 5.74) is 0.506. The van der Waals surface area contributed by atoms with Crippen LogP contribution in [0.3, 0.4) is 0 Å². The third-order valence-corrected chi connectivity index (χ3v) is 6.44. The highest BCUT2D eigenvalue weighted by Gasteiger charge is 2.68. The van der Waals surface area contributed by atoms with Crippen molar-refractivity contribution in [1.82, 2.24) is 0 Å². The van der Waals surface area contributed by atoms with Crippen molar-refractivity contribution in [3.05, 3.63) is 35.9 Å². The van der Waals surface area contributed by atoms with Crippen LogP contribution in [0.25, 0.3) is 0 Å². The Kier molecular flexibility index (Phi) is 3.52. The van der Waals surface area contributed by atoms with Crippen LogP contribution >= 0.6 is 15.9 Å². The standard InChI is InChI=1S/C17H15BrO5/c18-14-9-6-10-13(17(21)23-15(10)14)12(9)16(20)22-7-11(19)8-4-2-1-3-5-8/h1-5,9-10,12-15H,6-7H2/t9-,10-,12-,13-,14+,15+/m1/s1. The summed E-state index contributed by atoms with van der Waals surface area (Å²) >= 11 is 3.55. The summed E-state index contributed by atoms with van der Waals surface area (Å²) in [6, 6.07) is 8.70. The van der Waals surface area contributed by atoms with E-state index in [4.69, 9.17) is 9.47 Å². The van der Waals surface area contributed by atoms with Crippen molar-refractivity contribution in [2.24, 2.45) is 23.7 Å². The summed E-state index contributed by atoms with van der Waals surface area (Å²) in [7, 11) is 0. The van der Waals surface area contributed by atoms with Gasteiger partial charge in [0, 0.05) is 11.5 Å². The fourth-order valence-corrected chi connectivity index (χ4v) is 5.28. The number of benzene rings is 1. The molecule has 0 unspecified atom stereocenters. The van der Waals surface area contributed by atoms with Gasteiger partial charge in [-0.1, -0.05) is 46.3 Å². The van der Waals surface area contributed by atoms with Gasteiger partial charge in [0.25, 0.3) is 0 Å². The average Bonchev–Trinajstić information content (AvgIpc) is 3.17. The Bertz CT molecular complexity index is 673. The van der Waals surface area contributed by atoms with E-state index in [1.54, 1.807) is 24.3 Å². The Morgan fingerprint density at radius 3 is 2.70 bits per heavy atom. The number of esters is 2. The Hall–Kier alpha value is -1.69. The van der Waals surface area contributed by atoms with Gasteiger partial charge in [0.05, 0.1) is 16.7 Å². The van der Waals surface area contributed by atoms with Crippen LogP contribution in [0.15, 0.2) is 30.3 Å². The summed E-state index contributed by atoms with van der Waals surface area (Å²) in [5.74, 6) is -1.78. The number of ether oxygens (including phenoxy) is 2. The van der Waals surface area contributed by atoms with Gasteiger partial charge >= 0.3 is 11.9 Å². The molecule has 0 radical (unpaired) electrons. The number of halogens is 1. The minimum atomic E-state index is -0.501. The zero-order chi connectivity index (χ0) is 16.1. The van der Waals surface area contributed by atoms with Gasteiger partial charge in [-0.15, -0.1) is 0 Å². The third-order valence-electron chi connectivity index (χ3n) is 5.24. The van der Waals surface area contributed by atoms with Crippen LogP contribution in [0.2, 0.25) is 0 Å². The first-order valence-electron chi connectivity index (χ1n) is 7.67. The fraction of sp³-hybridized carbons (Fsp3) is 0.471. The molecular weight excluding hydrogens is 364 g/mol. The molecule has 2 aliphatic carbocycles. The lowest BCUT2D eigenvalue weighted by Gasteiger charge is -2.26. The molecule has 1 heterocycles. The lowest BCUT2D eigenvalue weighted by molar-refractivity contribution is -0.154. The number of hydrogen-bond acceptors (Lipinski definition) is 5. The van der Waals surface area contributed by atoms with Crippen LogP contribution in [0.1, 0.15) is 16.8 Å². The predicted octanol–water partition coefficient (Wildman–Crippen LogP) is 1.98. The minimum absolute atomic E-state index is 0.00225. The van der Waals surface area contributed by atoms with Crippen molar-refractivity contribution >= 4 is 33.7 Å². The smallest absolute Gasteiger partial charge is 0.310 e. The molecule has 6 atom stereocenters. The zero-order valence-corrected chi connectivity index (χ0v) is 13.8. The van der Waals surface area contributed by atoms with Gasteiger partial charge in [0.2, 0.25) is 0 Å². The van der Waals surface area contributed by atoms with Gasteiger partial charge in [-0.05, 0) is 12.3 Å². The maximum absolute atomic E-state index is 12.4. The highest BCUT2D eigenvalue weighted by atomic mass is 79.9. The van der Waals surface area contributed by atoms with Crippen LogP contribution in [0.4, 0.5) is 0 Å². The molecule has 6 heteroatoms. The predicted molar refractivity (Wildman–Crippen MR) is 82.9 cm³/mol. The van der Waals surface area contributed by atoms with Gasteiger partial charge in [-0.2, -0.15) is 0 Å². The lowest BCUT2D eigenvalue weighted by atomic mass is 9.80. The summed E-state index contributed by atoms with van der Waals surface area (Å²) < 4.78 is 10.6. The SMILES string of the molecule is O=C(COC(=O)[C@@H]1[C@H]2C[C@H]3[C@H](OC(=O)[C@H]31)[C@H]2Br)c1ccccc1. The average molecular weight is 379 g/mol. The highest BCUT2D eigenvalue weighted by molar-refractivity contribution is 9.09. The van der Waals surface area contributed by atoms with Gasteiger partial charge in [0.15, 0.2) is 12.4 Å². The van der Waals surface area contributed by atoms with Crippen LogP contribution in [-0.4, -0.2) is 35.3 Å². The monoisotopic (exact) mass is 378 g/mol. The molecule has 0 amide bonds. The molecule has 0 spiro atoms. The highest BCUT2D eigenvalue weighted by Crippen LogP contribution is 2.60. The quantitative estimate of drug-likeness (QED) is 0.455. The summed E-state index contributed by atoms with van der Waals surface area (Å²) in [5, 5.41) is 0. The van der Waals surface area contributed by atoms with E-state index in [1.807, 2.05) is 6.07 Å². The Morgan fingerprint density at radius 1 is 1.22 bits per heavy atom. The third kappa shape index (κ3) is 2.23. The number of alkyl halides is 1. The molecule has 0 N–H and O–H groups in total. The van der Waals surface area contributed by atoms with E-state index in [9.17, 15) is 14.4 Å². The van der Waals surface area contributed by atoms with Gasteiger partial charge in [-0.25, -0.2) is 0 Å². The molecule has 1 aromatic carbocycles. The molecule has 1 saturated heterocycles. The van der Waals surface area contributed by atoms with E-state index in [0.717, 1.165) is 6.42 Å². The summed E-state index contributed by atoms with van der Waals surface area (Å²) in [6.45, 7) is -0.297. The largest absolute Gasteiger partial charge is 0.461 e. The first kappa shape index (κ1) is 14.9. The van der Waals surface area contributed by atoms with Crippen LogP contribution in [0.5, 0.6) is 0 Å².